The molecule has 0 radical (unpaired) electrons. The number of aliphatic hydroxyl groups is 8. The van der Waals surface area contributed by atoms with Gasteiger partial charge in [0.2, 0.25) is 0 Å². The molecular formula is C48H91O18P. The summed E-state index contributed by atoms with van der Waals surface area (Å²) in [7, 11) is -5.37. The summed E-state index contributed by atoms with van der Waals surface area (Å²) >= 11 is 0. The van der Waals surface area contributed by atoms with E-state index in [0.717, 1.165) is 57.3 Å². The lowest BCUT2D eigenvalue weighted by Crippen LogP contribution is -2.67. The molecule has 1 saturated carbocycles. The normalized spacial score (nSPS) is 28.4. The minimum absolute atomic E-state index is 0.0368. The predicted molar refractivity (Wildman–Crippen MR) is 249 cm³/mol. The smallest absolute Gasteiger partial charge is 0.462 e. The SMILES string of the molecule is CCCCCCCCCCCCCC(=O)OCC(COP(=O)(O)OC1C(O)C(O)C(O)C(O)C1OC1OC(CO)C(O)C(O)C1O)OC(=O)CCCCCCCCC(C)CCCCCCCC. The molecule has 18 nitrogen and oxygen atoms in total. The van der Waals surface area contributed by atoms with Gasteiger partial charge in [-0.05, 0) is 18.8 Å². The molecule has 2 aliphatic rings. The second kappa shape index (κ2) is 35.7. The van der Waals surface area contributed by atoms with Crippen molar-refractivity contribution in [3.05, 3.63) is 0 Å². The Labute approximate surface area is 400 Å². The molecule has 2 fully saturated rings. The molecule has 0 aromatic carbocycles. The maximum Gasteiger partial charge on any atom is 0.472 e. The first-order valence-corrected chi connectivity index (χ1v) is 27.2. The van der Waals surface area contributed by atoms with Crippen LogP contribution in [0.2, 0.25) is 0 Å². The van der Waals surface area contributed by atoms with Gasteiger partial charge in [-0.3, -0.25) is 18.6 Å². The fourth-order valence-corrected chi connectivity index (χ4v) is 9.57. The third-order valence-corrected chi connectivity index (χ3v) is 13.9. The van der Waals surface area contributed by atoms with Gasteiger partial charge in [0.05, 0.1) is 13.2 Å². The number of phosphoric acid groups is 1. The number of hydrogen-bond acceptors (Lipinski definition) is 17. The highest BCUT2D eigenvalue weighted by atomic mass is 31.2. The van der Waals surface area contributed by atoms with Gasteiger partial charge in [-0.25, -0.2) is 4.57 Å². The average Bonchev–Trinajstić information content (AvgIpc) is 3.30. The number of aliphatic hydroxyl groups excluding tert-OH is 8. The highest BCUT2D eigenvalue weighted by Gasteiger charge is 2.55. The van der Waals surface area contributed by atoms with Crippen LogP contribution in [0.25, 0.3) is 0 Å². The van der Waals surface area contributed by atoms with E-state index >= 15 is 0 Å². The Kier molecular flexibility index (Phi) is 32.9. The van der Waals surface area contributed by atoms with E-state index in [9.17, 15) is 59.9 Å². The lowest BCUT2D eigenvalue weighted by atomic mass is 9.84. The van der Waals surface area contributed by atoms with Crippen molar-refractivity contribution in [2.75, 3.05) is 19.8 Å². The van der Waals surface area contributed by atoms with Crippen LogP contribution in [0, 0.1) is 5.92 Å². The van der Waals surface area contributed by atoms with E-state index in [1.165, 1.54) is 96.3 Å². The molecule has 0 bridgehead atoms. The van der Waals surface area contributed by atoms with E-state index in [0.29, 0.717) is 12.8 Å². The lowest BCUT2D eigenvalue weighted by molar-refractivity contribution is -0.338. The Morgan fingerprint density at radius 2 is 0.985 bits per heavy atom. The first-order chi connectivity index (χ1) is 32.1. The summed E-state index contributed by atoms with van der Waals surface area (Å²) in [6, 6.07) is 0. The predicted octanol–water partition coefficient (Wildman–Crippen LogP) is 5.79. The van der Waals surface area contributed by atoms with Crippen LogP contribution >= 0.6 is 7.82 Å². The molecule has 396 valence electrons. The molecule has 1 aliphatic carbocycles. The largest absolute Gasteiger partial charge is 0.472 e. The average molecular weight is 987 g/mol. The highest BCUT2D eigenvalue weighted by Crippen LogP contribution is 2.48. The van der Waals surface area contributed by atoms with Gasteiger partial charge < -0.3 is 64.7 Å². The standard InChI is InChI=1S/C48H91O18P/c1-4-6-8-10-12-13-14-15-16-21-25-29-37(50)61-32-35(63-38(51)30-26-22-18-17-20-24-28-34(3)27-23-19-11-9-7-5-2)33-62-67(59,60)66-47-44(57)42(55)41(54)43(56)46(47)65-48-45(58)40(53)39(52)36(31-49)64-48/h34-36,39-49,52-58H,4-33H2,1-3H3,(H,59,60). The van der Waals surface area contributed by atoms with Gasteiger partial charge in [-0.15, -0.1) is 0 Å². The zero-order valence-corrected chi connectivity index (χ0v) is 41.8. The Morgan fingerprint density at radius 3 is 1.48 bits per heavy atom. The molecule has 14 unspecified atom stereocenters. The number of ether oxygens (including phenoxy) is 4. The lowest BCUT2D eigenvalue weighted by Gasteiger charge is -2.47. The van der Waals surface area contributed by atoms with Gasteiger partial charge >= 0.3 is 19.8 Å². The van der Waals surface area contributed by atoms with Crippen LogP contribution < -0.4 is 0 Å². The van der Waals surface area contributed by atoms with Crippen molar-refractivity contribution in [1.29, 1.82) is 0 Å². The van der Waals surface area contributed by atoms with Gasteiger partial charge in [0, 0.05) is 12.8 Å². The van der Waals surface area contributed by atoms with Crippen molar-refractivity contribution in [3.8, 4) is 0 Å². The van der Waals surface area contributed by atoms with Gasteiger partial charge in [-0.2, -0.15) is 0 Å². The number of carbonyl (C=O) groups excluding carboxylic acids is 2. The monoisotopic (exact) mass is 987 g/mol. The number of phosphoric ester groups is 1. The van der Waals surface area contributed by atoms with Crippen LogP contribution in [0.3, 0.4) is 0 Å². The number of rotatable bonds is 39. The minimum atomic E-state index is -5.37. The molecule has 1 saturated heterocycles. The zero-order chi connectivity index (χ0) is 49.6. The van der Waals surface area contributed by atoms with E-state index in [4.69, 9.17) is 28.0 Å². The third-order valence-electron chi connectivity index (χ3n) is 13.0. The van der Waals surface area contributed by atoms with E-state index in [-0.39, 0.29) is 12.8 Å². The zero-order valence-electron chi connectivity index (χ0n) is 40.9. The third kappa shape index (κ3) is 25.0. The van der Waals surface area contributed by atoms with Gasteiger partial charge in [0.1, 0.15) is 67.6 Å². The molecule has 19 heteroatoms. The van der Waals surface area contributed by atoms with Crippen LogP contribution in [-0.2, 0) is 42.1 Å². The molecule has 9 N–H and O–H groups in total. The molecule has 67 heavy (non-hydrogen) atoms. The highest BCUT2D eigenvalue weighted by molar-refractivity contribution is 7.47. The van der Waals surface area contributed by atoms with E-state index in [1.54, 1.807) is 0 Å². The van der Waals surface area contributed by atoms with Crippen LogP contribution in [0.4, 0.5) is 0 Å². The van der Waals surface area contributed by atoms with Crippen LogP contribution in [0.15, 0.2) is 0 Å². The Hall–Kier alpha value is -1.35. The number of esters is 2. The summed E-state index contributed by atoms with van der Waals surface area (Å²) in [6.45, 7) is 4.56. The maximum absolute atomic E-state index is 13.4. The van der Waals surface area contributed by atoms with E-state index in [2.05, 4.69) is 20.8 Å². The first kappa shape index (κ1) is 61.8. The summed E-state index contributed by atoms with van der Waals surface area (Å²) in [5.74, 6) is -0.488. The van der Waals surface area contributed by atoms with Crippen LogP contribution in [0.5, 0.6) is 0 Å². The topological polar surface area (TPSA) is 289 Å². The summed E-state index contributed by atoms with van der Waals surface area (Å²) in [4.78, 5) is 36.5. The van der Waals surface area contributed by atoms with Gasteiger partial charge in [-0.1, -0.05) is 168 Å². The van der Waals surface area contributed by atoms with Crippen LogP contribution in [0.1, 0.15) is 194 Å². The van der Waals surface area contributed by atoms with Crippen molar-refractivity contribution in [1.82, 2.24) is 0 Å². The summed E-state index contributed by atoms with van der Waals surface area (Å²) in [5.41, 5.74) is 0. The molecule has 1 heterocycles. The second-order valence-corrected chi connectivity index (χ2v) is 20.4. The molecule has 0 amide bonds. The molecule has 0 spiro atoms. The molecule has 0 aromatic rings. The van der Waals surface area contributed by atoms with Gasteiger partial charge in [0.25, 0.3) is 0 Å². The fraction of sp³-hybridized carbons (Fsp3) is 0.958. The Balaban J connectivity index is 1.96. The van der Waals surface area contributed by atoms with Crippen molar-refractivity contribution in [2.45, 2.75) is 268 Å². The molecule has 2 rings (SSSR count). The molecule has 14 atom stereocenters. The minimum Gasteiger partial charge on any atom is -0.462 e. The Bertz CT molecular complexity index is 1330. The summed E-state index contributed by atoms with van der Waals surface area (Å²) in [6.07, 6.45) is 4.81. The van der Waals surface area contributed by atoms with Crippen molar-refractivity contribution in [2.24, 2.45) is 5.92 Å². The Morgan fingerprint density at radius 1 is 0.552 bits per heavy atom. The van der Waals surface area contributed by atoms with Crippen molar-refractivity contribution < 1.29 is 87.9 Å². The fourth-order valence-electron chi connectivity index (χ4n) is 8.60. The van der Waals surface area contributed by atoms with Gasteiger partial charge in [0.15, 0.2) is 12.4 Å². The maximum atomic E-state index is 13.4. The number of unbranched alkanes of at least 4 members (excludes halogenated alkanes) is 20. The summed E-state index contributed by atoms with van der Waals surface area (Å²) < 4.78 is 45.5. The first-order valence-electron chi connectivity index (χ1n) is 25.8. The quantitative estimate of drug-likeness (QED) is 0.0200. The number of carbonyl (C=O) groups is 2. The summed E-state index contributed by atoms with van der Waals surface area (Å²) in [5, 5.41) is 82.9. The van der Waals surface area contributed by atoms with E-state index in [1.807, 2.05) is 0 Å². The van der Waals surface area contributed by atoms with Crippen LogP contribution in [-0.4, -0.2) is 151 Å². The van der Waals surface area contributed by atoms with E-state index < -0.39 is 113 Å². The number of hydrogen-bond donors (Lipinski definition) is 9. The van der Waals surface area contributed by atoms with Crippen molar-refractivity contribution >= 4 is 19.8 Å². The molecular weight excluding hydrogens is 895 g/mol. The second-order valence-electron chi connectivity index (χ2n) is 19.0. The molecule has 1 aliphatic heterocycles. The van der Waals surface area contributed by atoms with Crippen molar-refractivity contribution in [3.63, 3.8) is 0 Å². The molecule has 0 aromatic heterocycles.